The lowest BCUT2D eigenvalue weighted by Gasteiger charge is -2.45. The third-order valence-corrected chi connectivity index (χ3v) is 4.61. The minimum atomic E-state index is 0.679. The zero-order chi connectivity index (χ0) is 11.5. The molecule has 2 nitrogen and oxygen atoms in total. The fourth-order valence-electron chi connectivity index (χ4n) is 3.49. The Hall–Kier alpha value is -0.0800. The molecule has 0 aromatic carbocycles. The van der Waals surface area contributed by atoms with Crippen molar-refractivity contribution in [2.75, 3.05) is 13.1 Å². The molecule has 1 N–H and O–H groups in total. The van der Waals surface area contributed by atoms with E-state index in [1.165, 1.54) is 45.2 Å². The molecule has 1 saturated carbocycles. The van der Waals surface area contributed by atoms with Crippen LogP contribution in [-0.2, 0) is 0 Å². The highest BCUT2D eigenvalue weighted by molar-refractivity contribution is 4.88. The highest BCUT2D eigenvalue weighted by Gasteiger charge is 2.31. The normalized spacial score (nSPS) is 42.2. The molecule has 1 aliphatic heterocycles. The van der Waals surface area contributed by atoms with Crippen LogP contribution in [0.15, 0.2) is 0 Å². The molecule has 2 heteroatoms. The van der Waals surface area contributed by atoms with Gasteiger partial charge < -0.3 is 5.32 Å². The Balaban J connectivity index is 1.94. The van der Waals surface area contributed by atoms with E-state index in [2.05, 4.69) is 31.0 Å². The molecule has 2 rings (SSSR count). The topological polar surface area (TPSA) is 15.3 Å². The number of hydrogen-bond donors (Lipinski definition) is 1. The molecule has 94 valence electrons. The van der Waals surface area contributed by atoms with Gasteiger partial charge in [0.1, 0.15) is 0 Å². The van der Waals surface area contributed by atoms with Crippen LogP contribution >= 0.6 is 0 Å². The van der Waals surface area contributed by atoms with Crippen LogP contribution in [-0.4, -0.2) is 36.1 Å². The van der Waals surface area contributed by atoms with E-state index in [9.17, 15) is 0 Å². The van der Waals surface area contributed by atoms with Gasteiger partial charge >= 0.3 is 0 Å². The van der Waals surface area contributed by atoms with Crippen molar-refractivity contribution >= 4 is 0 Å². The van der Waals surface area contributed by atoms with Crippen LogP contribution in [0.3, 0.4) is 0 Å². The number of nitrogens with one attached hydrogen (secondary N) is 1. The van der Waals surface area contributed by atoms with Crippen LogP contribution in [0.1, 0.15) is 52.9 Å². The molecule has 1 aliphatic carbocycles. The molecule has 0 aromatic rings. The second-order valence-electron chi connectivity index (χ2n) is 5.95. The van der Waals surface area contributed by atoms with Crippen molar-refractivity contribution in [2.24, 2.45) is 5.92 Å². The molecule has 0 radical (unpaired) electrons. The molecule has 4 atom stereocenters. The van der Waals surface area contributed by atoms with Gasteiger partial charge in [0.15, 0.2) is 0 Å². The van der Waals surface area contributed by atoms with E-state index in [1.807, 2.05) is 0 Å². The van der Waals surface area contributed by atoms with Gasteiger partial charge in [-0.05, 0) is 32.6 Å². The first-order valence-electron chi connectivity index (χ1n) is 7.19. The number of hydrogen-bond acceptors (Lipinski definition) is 2. The Morgan fingerprint density at radius 1 is 1.25 bits per heavy atom. The van der Waals surface area contributed by atoms with Crippen LogP contribution in [0.4, 0.5) is 0 Å². The van der Waals surface area contributed by atoms with Gasteiger partial charge in [-0.2, -0.15) is 0 Å². The van der Waals surface area contributed by atoms with Crippen molar-refractivity contribution in [3.05, 3.63) is 0 Å². The second kappa shape index (κ2) is 5.50. The molecular formula is C14H28N2. The lowest BCUT2D eigenvalue weighted by Crippen LogP contribution is -2.58. The van der Waals surface area contributed by atoms with Crippen molar-refractivity contribution in [1.82, 2.24) is 10.2 Å². The van der Waals surface area contributed by atoms with Gasteiger partial charge in [0.25, 0.3) is 0 Å². The summed E-state index contributed by atoms with van der Waals surface area (Å²) in [5, 5.41) is 3.58. The summed E-state index contributed by atoms with van der Waals surface area (Å²) in [5.74, 6) is 0.996. The third-order valence-electron chi connectivity index (χ3n) is 4.61. The molecule has 1 saturated heterocycles. The highest BCUT2D eigenvalue weighted by atomic mass is 15.2. The molecule has 0 bridgehead atoms. The van der Waals surface area contributed by atoms with E-state index in [-0.39, 0.29) is 0 Å². The van der Waals surface area contributed by atoms with Gasteiger partial charge in [-0.15, -0.1) is 0 Å². The lowest BCUT2D eigenvalue weighted by molar-refractivity contribution is 0.0590. The van der Waals surface area contributed by atoms with Gasteiger partial charge in [0.05, 0.1) is 0 Å². The average Bonchev–Trinajstić information content (AvgIpc) is 2.32. The Morgan fingerprint density at radius 3 is 2.81 bits per heavy atom. The smallest absolute Gasteiger partial charge is 0.0196 e. The summed E-state index contributed by atoms with van der Waals surface area (Å²) in [6.07, 6.45) is 7.20. The first-order valence-corrected chi connectivity index (χ1v) is 7.19. The van der Waals surface area contributed by atoms with Crippen LogP contribution in [0, 0.1) is 5.92 Å². The highest BCUT2D eigenvalue weighted by Crippen LogP contribution is 2.31. The number of rotatable bonds is 2. The van der Waals surface area contributed by atoms with Crippen molar-refractivity contribution in [2.45, 2.75) is 71.0 Å². The minimum absolute atomic E-state index is 0.679. The maximum Gasteiger partial charge on any atom is 0.0196 e. The standard InChI is InChI=1S/C14H28N2/c1-4-13-6-5-7-14(8-13)16-10-11(2)15-9-12(16)3/h11-15H,4-10H2,1-3H3. The molecule has 0 amide bonds. The predicted molar refractivity (Wildman–Crippen MR) is 69.7 cm³/mol. The average molecular weight is 224 g/mol. The summed E-state index contributed by atoms with van der Waals surface area (Å²) in [4.78, 5) is 2.78. The van der Waals surface area contributed by atoms with Crippen molar-refractivity contribution < 1.29 is 0 Å². The van der Waals surface area contributed by atoms with E-state index in [0.29, 0.717) is 6.04 Å². The minimum Gasteiger partial charge on any atom is -0.311 e. The van der Waals surface area contributed by atoms with Crippen LogP contribution < -0.4 is 5.32 Å². The fourth-order valence-corrected chi connectivity index (χ4v) is 3.49. The summed E-state index contributed by atoms with van der Waals surface area (Å²) >= 11 is 0. The fraction of sp³-hybridized carbons (Fsp3) is 1.00. The van der Waals surface area contributed by atoms with Crippen molar-refractivity contribution in [3.63, 3.8) is 0 Å². The molecular weight excluding hydrogens is 196 g/mol. The van der Waals surface area contributed by atoms with Gasteiger partial charge in [-0.3, -0.25) is 4.90 Å². The van der Waals surface area contributed by atoms with E-state index in [0.717, 1.165) is 18.0 Å². The van der Waals surface area contributed by atoms with Crippen LogP contribution in [0.25, 0.3) is 0 Å². The first kappa shape index (κ1) is 12.4. The van der Waals surface area contributed by atoms with E-state index in [1.54, 1.807) is 0 Å². The summed E-state index contributed by atoms with van der Waals surface area (Å²) < 4.78 is 0. The Morgan fingerprint density at radius 2 is 2.06 bits per heavy atom. The third kappa shape index (κ3) is 2.78. The predicted octanol–water partition coefficient (Wildman–Crippen LogP) is 2.64. The molecule has 2 fully saturated rings. The lowest BCUT2D eigenvalue weighted by atomic mass is 9.82. The molecule has 16 heavy (non-hydrogen) atoms. The largest absolute Gasteiger partial charge is 0.311 e. The summed E-state index contributed by atoms with van der Waals surface area (Å²) in [7, 11) is 0. The Labute approximate surface area is 101 Å². The van der Waals surface area contributed by atoms with Crippen molar-refractivity contribution in [1.29, 1.82) is 0 Å². The first-order chi connectivity index (χ1) is 7.70. The quantitative estimate of drug-likeness (QED) is 0.776. The molecule has 0 spiro atoms. The maximum atomic E-state index is 3.58. The molecule has 4 unspecified atom stereocenters. The Kier molecular flexibility index (Phi) is 4.26. The van der Waals surface area contributed by atoms with E-state index in [4.69, 9.17) is 0 Å². The summed E-state index contributed by atoms with van der Waals surface area (Å²) in [6.45, 7) is 9.49. The molecule has 2 aliphatic rings. The Bertz CT molecular complexity index is 217. The second-order valence-corrected chi connectivity index (χ2v) is 5.95. The van der Waals surface area contributed by atoms with Gasteiger partial charge in [0.2, 0.25) is 0 Å². The SMILES string of the molecule is CCC1CCCC(N2CC(C)NCC2C)C1. The van der Waals surface area contributed by atoms with Crippen LogP contribution in [0.5, 0.6) is 0 Å². The summed E-state index contributed by atoms with van der Waals surface area (Å²) in [5.41, 5.74) is 0. The molecule has 0 aromatic heterocycles. The van der Waals surface area contributed by atoms with E-state index >= 15 is 0 Å². The molecule has 1 heterocycles. The monoisotopic (exact) mass is 224 g/mol. The van der Waals surface area contributed by atoms with Gasteiger partial charge in [-0.25, -0.2) is 0 Å². The van der Waals surface area contributed by atoms with Gasteiger partial charge in [0, 0.05) is 31.2 Å². The number of piperazine rings is 1. The van der Waals surface area contributed by atoms with Crippen LogP contribution in [0.2, 0.25) is 0 Å². The van der Waals surface area contributed by atoms with E-state index < -0.39 is 0 Å². The number of nitrogens with zero attached hydrogens (tertiary/aromatic N) is 1. The maximum absolute atomic E-state index is 3.58. The van der Waals surface area contributed by atoms with Crippen molar-refractivity contribution in [3.8, 4) is 0 Å². The summed E-state index contributed by atoms with van der Waals surface area (Å²) in [6, 6.07) is 2.29. The zero-order valence-electron chi connectivity index (χ0n) is 11.2. The van der Waals surface area contributed by atoms with Gasteiger partial charge in [-0.1, -0.05) is 26.2 Å². The zero-order valence-corrected chi connectivity index (χ0v) is 11.2.